The van der Waals surface area contributed by atoms with Crippen LogP contribution >= 0.6 is 11.6 Å². The van der Waals surface area contributed by atoms with E-state index in [2.05, 4.69) is 0 Å². The molecule has 0 aliphatic heterocycles. The average Bonchev–Trinajstić information content (AvgIpc) is 2.86. The number of carbonyl (C=O) groups excluding carboxylic acids is 1. The zero-order valence-electron chi connectivity index (χ0n) is 11.7. The molecule has 0 aliphatic rings. The quantitative estimate of drug-likeness (QED) is 0.687. The second-order valence-corrected chi connectivity index (χ2v) is 7.23. The molecule has 22 heavy (non-hydrogen) atoms. The number of hydrogen-bond acceptors (Lipinski definition) is 3. The number of aromatic nitrogens is 1. The van der Waals surface area contributed by atoms with Crippen LogP contribution in [-0.4, -0.2) is 18.7 Å². The molecule has 0 spiro atoms. The van der Waals surface area contributed by atoms with Crippen LogP contribution in [0.15, 0.2) is 53.6 Å². The minimum atomic E-state index is -3.77. The van der Waals surface area contributed by atoms with Crippen molar-refractivity contribution in [2.24, 2.45) is 0 Å². The first kappa shape index (κ1) is 14.8. The minimum absolute atomic E-state index is 0.169. The summed E-state index contributed by atoms with van der Waals surface area (Å²) in [6.07, 6.45) is 1.95. The van der Waals surface area contributed by atoms with E-state index in [4.69, 9.17) is 11.6 Å². The van der Waals surface area contributed by atoms with Gasteiger partial charge in [0.1, 0.15) is 0 Å². The van der Waals surface area contributed by atoms with Crippen molar-refractivity contribution in [3.8, 4) is 0 Å². The fraction of sp³-hybridized carbons (Fsp3) is 0.0625. The molecule has 0 atom stereocenters. The van der Waals surface area contributed by atoms with E-state index in [1.807, 2.05) is 6.92 Å². The predicted octanol–water partition coefficient (Wildman–Crippen LogP) is 3.65. The maximum absolute atomic E-state index is 12.8. The molecular formula is C16H12ClNO3S. The number of rotatable bonds is 3. The van der Waals surface area contributed by atoms with Crippen LogP contribution < -0.4 is 0 Å². The highest BCUT2D eigenvalue weighted by atomic mass is 35.5. The maximum atomic E-state index is 12.8. The molecule has 0 radical (unpaired) electrons. The van der Waals surface area contributed by atoms with E-state index in [9.17, 15) is 13.2 Å². The van der Waals surface area contributed by atoms with Gasteiger partial charge in [0.2, 0.25) is 0 Å². The van der Waals surface area contributed by atoms with Gasteiger partial charge < -0.3 is 0 Å². The Bertz CT molecular complexity index is 973. The number of aldehydes is 1. The van der Waals surface area contributed by atoms with E-state index >= 15 is 0 Å². The third-order valence-corrected chi connectivity index (χ3v) is 5.39. The van der Waals surface area contributed by atoms with Gasteiger partial charge in [-0.2, -0.15) is 0 Å². The SMILES string of the molecule is Cc1ccc(S(=O)(=O)n2cc(C=O)c3cc(Cl)ccc32)cc1. The Morgan fingerprint density at radius 3 is 2.41 bits per heavy atom. The molecule has 0 fully saturated rings. The highest BCUT2D eigenvalue weighted by molar-refractivity contribution is 7.90. The third kappa shape index (κ3) is 2.32. The van der Waals surface area contributed by atoms with Gasteiger partial charge in [-0.05, 0) is 37.3 Å². The number of carbonyl (C=O) groups is 1. The van der Waals surface area contributed by atoms with Gasteiger partial charge in [-0.25, -0.2) is 12.4 Å². The van der Waals surface area contributed by atoms with Crippen molar-refractivity contribution in [2.45, 2.75) is 11.8 Å². The van der Waals surface area contributed by atoms with Crippen molar-refractivity contribution in [1.29, 1.82) is 0 Å². The second-order valence-electron chi connectivity index (χ2n) is 4.98. The van der Waals surface area contributed by atoms with Crippen molar-refractivity contribution in [3.05, 3.63) is 64.8 Å². The van der Waals surface area contributed by atoms with Crippen LogP contribution in [0.25, 0.3) is 10.9 Å². The van der Waals surface area contributed by atoms with Gasteiger partial charge in [0.05, 0.1) is 10.4 Å². The number of fused-ring (bicyclic) bond motifs is 1. The van der Waals surface area contributed by atoms with Crippen molar-refractivity contribution in [1.82, 2.24) is 3.97 Å². The molecule has 4 nitrogen and oxygen atoms in total. The Labute approximate surface area is 133 Å². The van der Waals surface area contributed by atoms with E-state index in [1.165, 1.54) is 6.20 Å². The number of halogens is 1. The fourth-order valence-electron chi connectivity index (χ4n) is 2.31. The third-order valence-electron chi connectivity index (χ3n) is 3.47. The zero-order valence-corrected chi connectivity index (χ0v) is 13.2. The molecule has 2 aromatic carbocycles. The second kappa shape index (κ2) is 5.26. The first-order valence-corrected chi connectivity index (χ1v) is 8.33. The molecule has 0 unspecified atom stereocenters. The van der Waals surface area contributed by atoms with E-state index in [1.54, 1.807) is 42.5 Å². The maximum Gasteiger partial charge on any atom is 0.268 e. The molecular weight excluding hydrogens is 322 g/mol. The summed E-state index contributed by atoms with van der Waals surface area (Å²) in [5, 5.41) is 0.958. The van der Waals surface area contributed by atoms with Crippen molar-refractivity contribution >= 4 is 38.8 Å². The summed E-state index contributed by atoms with van der Waals surface area (Å²) in [6, 6.07) is 11.3. The van der Waals surface area contributed by atoms with Crippen LogP contribution in [0.4, 0.5) is 0 Å². The van der Waals surface area contributed by atoms with Gasteiger partial charge in [-0.3, -0.25) is 4.79 Å². The van der Waals surface area contributed by atoms with Gasteiger partial charge in [0.25, 0.3) is 10.0 Å². The highest BCUT2D eigenvalue weighted by Crippen LogP contribution is 2.27. The summed E-state index contributed by atoms with van der Waals surface area (Å²) < 4.78 is 26.7. The van der Waals surface area contributed by atoms with Crippen LogP contribution in [0.1, 0.15) is 15.9 Å². The summed E-state index contributed by atoms with van der Waals surface area (Å²) >= 11 is 5.93. The Morgan fingerprint density at radius 2 is 1.77 bits per heavy atom. The first-order chi connectivity index (χ1) is 10.4. The Hall–Kier alpha value is -2.11. The summed E-state index contributed by atoms with van der Waals surface area (Å²) in [4.78, 5) is 11.4. The smallest absolute Gasteiger partial charge is 0.268 e. The number of aryl methyl sites for hydroxylation is 1. The molecule has 3 rings (SSSR count). The van der Waals surface area contributed by atoms with E-state index in [0.29, 0.717) is 22.2 Å². The van der Waals surface area contributed by atoms with Crippen molar-refractivity contribution < 1.29 is 13.2 Å². The monoisotopic (exact) mass is 333 g/mol. The van der Waals surface area contributed by atoms with Gasteiger partial charge in [-0.15, -0.1) is 0 Å². The molecule has 0 aliphatic carbocycles. The summed E-state index contributed by atoms with van der Waals surface area (Å²) in [7, 11) is -3.77. The number of nitrogens with zero attached hydrogens (tertiary/aromatic N) is 1. The topological polar surface area (TPSA) is 56.1 Å². The lowest BCUT2D eigenvalue weighted by Crippen LogP contribution is -2.11. The molecule has 112 valence electrons. The molecule has 0 bridgehead atoms. The van der Waals surface area contributed by atoms with Gasteiger partial charge >= 0.3 is 0 Å². The lowest BCUT2D eigenvalue weighted by Gasteiger charge is -2.08. The molecule has 0 saturated carbocycles. The molecule has 3 aromatic rings. The van der Waals surface area contributed by atoms with Crippen LogP contribution in [0.2, 0.25) is 5.02 Å². The largest absolute Gasteiger partial charge is 0.298 e. The summed E-state index contributed by atoms with van der Waals surface area (Å²) in [5.74, 6) is 0. The van der Waals surface area contributed by atoms with Crippen LogP contribution in [0.5, 0.6) is 0 Å². The summed E-state index contributed by atoms with van der Waals surface area (Å²) in [5.41, 5.74) is 1.68. The van der Waals surface area contributed by atoms with Crippen LogP contribution in [-0.2, 0) is 10.0 Å². The van der Waals surface area contributed by atoms with Crippen molar-refractivity contribution in [2.75, 3.05) is 0 Å². The Morgan fingerprint density at radius 1 is 1.09 bits per heavy atom. The normalized spacial score (nSPS) is 11.7. The molecule has 6 heteroatoms. The van der Waals surface area contributed by atoms with E-state index in [0.717, 1.165) is 9.54 Å². The van der Waals surface area contributed by atoms with Crippen molar-refractivity contribution in [3.63, 3.8) is 0 Å². The van der Waals surface area contributed by atoms with Gasteiger partial charge in [0, 0.05) is 22.2 Å². The Balaban J connectivity index is 2.29. The van der Waals surface area contributed by atoms with Crippen LogP contribution in [0, 0.1) is 6.92 Å². The highest BCUT2D eigenvalue weighted by Gasteiger charge is 2.21. The first-order valence-electron chi connectivity index (χ1n) is 6.51. The molecule has 0 N–H and O–H groups in total. The van der Waals surface area contributed by atoms with Gasteiger partial charge in [-0.1, -0.05) is 29.3 Å². The van der Waals surface area contributed by atoms with E-state index in [-0.39, 0.29) is 10.5 Å². The lowest BCUT2D eigenvalue weighted by atomic mass is 10.2. The fourth-order valence-corrected chi connectivity index (χ4v) is 3.86. The standard InChI is InChI=1S/C16H12ClNO3S/c1-11-2-5-14(6-3-11)22(20,21)18-9-12(10-19)15-8-13(17)4-7-16(15)18/h2-10H,1H3. The minimum Gasteiger partial charge on any atom is -0.298 e. The summed E-state index contributed by atoms with van der Waals surface area (Å²) in [6.45, 7) is 1.88. The predicted molar refractivity (Wildman–Crippen MR) is 86.1 cm³/mol. The molecule has 0 saturated heterocycles. The van der Waals surface area contributed by atoms with Gasteiger partial charge in [0.15, 0.2) is 6.29 Å². The molecule has 1 heterocycles. The Kier molecular flexibility index (Phi) is 3.54. The molecule has 1 aromatic heterocycles. The lowest BCUT2D eigenvalue weighted by molar-refractivity contribution is 0.112. The van der Waals surface area contributed by atoms with E-state index < -0.39 is 10.0 Å². The van der Waals surface area contributed by atoms with Crippen LogP contribution in [0.3, 0.4) is 0 Å². The average molecular weight is 334 g/mol. The zero-order chi connectivity index (χ0) is 15.9. The number of hydrogen-bond donors (Lipinski definition) is 0. The molecule has 0 amide bonds. The number of benzene rings is 2.